The average Bonchev–Trinajstić information content (AvgIpc) is 2.37. The second-order valence-electron chi connectivity index (χ2n) is 1.87. The van der Waals surface area contributed by atoms with Crippen LogP contribution in [0.5, 0.6) is 0 Å². The molecule has 2 nitrogen and oxygen atoms in total. The van der Waals surface area contributed by atoms with Crippen LogP contribution in [0.25, 0.3) is 6.08 Å². The molecule has 0 aliphatic carbocycles. The highest BCUT2D eigenvalue weighted by atomic mass is 32.1. The maximum atomic E-state index is 5.38. The molecule has 0 fully saturated rings. The molecule has 0 amide bonds. The monoisotopic (exact) mass is 154 g/mol. The van der Waals surface area contributed by atoms with Gasteiger partial charge in [0, 0.05) is 11.9 Å². The molecular formula is C7H10N2S. The summed E-state index contributed by atoms with van der Waals surface area (Å²) in [5.41, 5.74) is 6.39. The Bertz CT molecular complexity index is 227. The van der Waals surface area contributed by atoms with Crippen LogP contribution in [0, 0.1) is 0 Å². The highest BCUT2D eigenvalue weighted by Gasteiger charge is 1.94. The molecule has 1 aromatic heterocycles. The summed E-state index contributed by atoms with van der Waals surface area (Å²) in [4.78, 5) is 4.23. The largest absolute Gasteiger partial charge is 0.325 e. The van der Waals surface area contributed by atoms with E-state index in [0.717, 1.165) is 10.7 Å². The lowest BCUT2D eigenvalue weighted by Gasteiger charge is -1.81. The lowest BCUT2D eigenvalue weighted by Crippen LogP contribution is -1.94. The molecule has 1 heterocycles. The van der Waals surface area contributed by atoms with Gasteiger partial charge < -0.3 is 5.73 Å². The predicted molar refractivity (Wildman–Crippen MR) is 44.7 cm³/mol. The number of thiazole rings is 1. The molecule has 0 bridgehead atoms. The lowest BCUT2D eigenvalue weighted by molar-refractivity contribution is 1.03. The standard InChI is InChI=1S/C7H10N2S/c1-2-3-6-5-10-7(4-8)9-6/h2-3,5H,4,8H2,1H3. The van der Waals surface area contributed by atoms with E-state index < -0.39 is 0 Å². The molecular weight excluding hydrogens is 144 g/mol. The van der Waals surface area contributed by atoms with Gasteiger partial charge in [-0.1, -0.05) is 6.08 Å². The third-order valence-corrected chi connectivity index (χ3v) is 1.97. The van der Waals surface area contributed by atoms with E-state index in [2.05, 4.69) is 4.98 Å². The van der Waals surface area contributed by atoms with E-state index in [1.807, 2.05) is 24.5 Å². The first-order chi connectivity index (χ1) is 4.86. The predicted octanol–water partition coefficient (Wildman–Crippen LogP) is 1.63. The van der Waals surface area contributed by atoms with Crippen LogP contribution in [-0.2, 0) is 6.54 Å². The molecule has 0 radical (unpaired) electrons. The Labute approximate surface area is 64.4 Å². The van der Waals surface area contributed by atoms with Gasteiger partial charge >= 0.3 is 0 Å². The smallest absolute Gasteiger partial charge is 0.107 e. The summed E-state index contributed by atoms with van der Waals surface area (Å²) in [6.07, 6.45) is 3.94. The van der Waals surface area contributed by atoms with Crippen molar-refractivity contribution in [1.82, 2.24) is 4.98 Å². The normalized spacial score (nSPS) is 11.0. The summed E-state index contributed by atoms with van der Waals surface area (Å²) in [6, 6.07) is 0. The van der Waals surface area contributed by atoms with E-state index in [-0.39, 0.29) is 0 Å². The molecule has 10 heavy (non-hydrogen) atoms. The van der Waals surface area contributed by atoms with Crippen molar-refractivity contribution in [1.29, 1.82) is 0 Å². The van der Waals surface area contributed by atoms with Gasteiger partial charge in [0.25, 0.3) is 0 Å². The Morgan fingerprint density at radius 1 is 1.80 bits per heavy atom. The molecule has 0 aliphatic heterocycles. The van der Waals surface area contributed by atoms with Crippen LogP contribution in [0.15, 0.2) is 11.5 Å². The Kier molecular flexibility index (Phi) is 2.59. The summed E-state index contributed by atoms with van der Waals surface area (Å²) in [6.45, 7) is 2.52. The molecule has 0 spiro atoms. The molecule has 1 rings (SSSR count). The van der Waals surface area contributed by atoms with Gasteiger partial charge in [0.05, 0.1) is 5.69 Å². The molecule has 3 heteroatoms. The SMILES string of the molecule is CC=Cc1csc(CN)n1. The minimum Gasteiger partial charge on any atom is -0.325 e. The highest BCUT2D eigenvalue weighted by molar-refractivity contribution is 7.09. The van der Waals surface area contributed by atoms with Gasteiger partial charge in [-0.05, 0) is 13.0 Å². The molecule has 0 unspecified atom stereocenters. The van der Waals surface area contributed by atoms with Crippen LogP contribution in [-0.4, -0.2) is 4.98 Å². The van der Waals surface area contributed by atoms with Gasteiger partial charge in [0.1, 0.15) is 5.01 Å². The van der Waals surface area contributed by atoms with Crippen LogP contribution in [0.1, 0.15) is 17.6 Å². The fraction of sp³-hybridized carbons (Fsp3) is 0.286. The number of allylic oxidation sites excluding steroid dienone is 1. The van der Waals surface area contributed by atoms with E-state index in [1.165, 1.54) is 0 Å². The first kappa shape index (κ1) is 7.44. The molecule has 0 aliphatic rings. The topological polar surface area (TPSA) is 38.9 Å². The Morgan fingerprint density at radius 2 is 2.60 bits per heavy atom. The zero-order valence-corrected chi connectivity index (χ0v) is 6.69. The van der Waals surface area contributed by atoms with Crippen molar-refractivity contribution in [3.8, 4) is 0 Å². The second-order valence-corrected chi connectivity index (χ2v) is 2.81. The van der Waals surface area contributed by atoms with Crippen LogP contribution < -0.4 is 5.73 Å². The third-order valence-electron chi connectivity index (χ3n) is 1.08. The van der Waals surface area contributed by atoms with E-state index >= 15 is 0 Å². The van der Waals surface area contributed by atoms with E-state index in [9.17, 15) is 0 Å². The molecule has 54 valence electrons. The van der Waals surface area contributed by atoms with Crippen molar-refractivity contribution < 1.29 is 0 Å². The number of hydrogen-bond donors (Lipinski definition) is 1. The van der Waals surface area contributed by atoms with Crippen LogP contribution >= 0.6 is 11.3 Å². The summed E-state index contributed by atoms with van der Waals surface area (Å²) in [5.74, 6) is 0. The summed E-state index contributed by atoms with van der Waals surface area (Å²) >= 11 is 1.60. The molecule has 0 atom stereocenters. The average molecular weight is 154 g/mol. The van der Waals surface area contributed by atoms with Crippen molar-refractivity contribution in [2.75, 3.05) is 0 Å². The molecule has 0 saturated carbocycles. The van der Waals surface area contributed by atoms with Gasteiger partial charge in [-0.2, -0.15) is 0 Å². The first-order valence-electron chi connectivity index (χ1n) is 3.14. The van der Waals surface area contributed by atoms with Crippen LogP contribution in [0.3, 0.4) is 0 Å². The number of rotatable bonds is 2. The van der Waals surface area contributed by atoms with E-state index in [1.54, 1.807) is 11.3 Å². The number of aromatic nitrogens is 1. The van der Waals surface area contributed by atoms with Crippen molar-refractivity contribution in [3.05, 3.63) is 22.2 Å². The first-order valence-corrected chi connectivity index (χ1v) is 4.02. The maximum Gasteiger partial charge on any atom is 0.107 e. The third kappa shape index (κ3) is 1.65. The minimum absolute atomic E-state index is 0.544. The van der Waals surface area contributed by atoms with Gasteiger partial charge in [-0.3, -0.25) is 0 Å². The van der Waals surface area contributed by atoms with Gasteiger partial charge in [0.15, 0.2) is 0 Å². The minimum atomic E-state index is 0.544. The molecule has 0 aromatic carbocycles. The van der Waals surface area contributed by atoms with E-state index in [0.29, 0.717) is 6.54 Å². The van der Waals surface area contributed by atoms with Crippen LogP contribution in [0.4, 0.5) is 0 Å². The molecule has 0 saturated heterocycles. The molecule has 1 aromatic rings. The number of nitrogens with zero attached hydrogens (tertiary/aromatic N) is 1. The fourth-order valence-electron chi connectivity index (χ4n) is 0.666. The molecule has 2 N–H and O–H groups in total. The van der Waals surface area contributed by atoms with Crippen molar-refractivity contribution >= 4 is 17.4 Å². The van der Waals surface area contributed by atoms with E-state index in [4.69, 9.17) is 5.73 Å². The van der Waals surface area contributed by atoms with Gasteiger partial charge in [-0.15, -0.1) is 11.3 Å². The summed E-state index contributed by atoms with van der Waals surface area (Å²) in [7, 11) is 0. The quantitative estimate of drug-likeness (QED) is 0.703. The van der Waals surface area contributed by atoms with Crippen molar-refractivity contribution in [2.24, 2.45) is 5.73 Å². The number of hydrogen-bond acceptors (Lipinski definition) is 3. The van der Waals surface area contributed by atoms with Crippen molar-refractivity contribution in [3.63, 3.8) is 0 Å². The highest BCUT2D eigenvalue weighted by Crippen LogP contribution is 2.09. The second kappa shape index (κ2) is 3.49. The Hall–Kier alpha value is -0.670. The van der Waals surface area contributed by atoms with Crippen LogP contribution in [0.2, 0.25) is 0 Å². The van der Waals surface area contributed by atoms with Crippen molar-refractivity contribution in [2.45, 2.75) is 13.5 Å². The summed E-state index contributed by atoms with van der Waals surface area (Å²) in [5, 5.41) is 3.00. The maximum absolute atomic E-state index is 5.38. The summed E-state index contributed by atoms with van der Waals surface area (Å²) < 4.78 is 0. The Morgan fingerprint density at radius 3 is 3.10 bits per heavy atom. The van der Waals surface area contributed by atoms with Gasteiger partial charge in [-0.25, -0.2) is 4.98 Å². The Balaban J connectivity index is 2.78. The number of nitrogens with two attached hydrogens (primary N) is 1. The fourth-order valence-corrected chi connectivity index (χ4v) is 1.31. The zero-order chi connectivity index (χ0) is 7.40. The van der Waals surface area contributed by atoms with Gasteiger partial charge in [0.2, 0.25) is 0 Å². The zero-order valence-electron chi connectivity index (χ0n) is 5.87. The lowest BCUT2D eigenvalue weighted by atomic mass is 10.4.